The van der Waals surface area contributed by atoms with Crippen LogP contribution < -0.4 is 0 Å². The topological polar surface area (TPSA) is 29.5 Å². The summed E-state index contributed by atoms with van der Waals surface area (Å²) >= 11 is 0. The Balaban J connectivity index is 2.37. The highest BCUT2D eigenvalue weighted by molar-refractivity contribution is 5.75. The van der Waals surface area contributed by atoms with E-state index >= 15 is 0 Å². The van der Waals surface area contributed by atoms with Crippen molar-refractivity contribution in [1.29, 1.82) is 0 Å². The molecule has 0 aromatic rings. The van der Waals surface area contributed by atoms with Crippen LogP contribution in [0, 0.1) is 5.92 Å². The minimum absolute atomic E-state index is 0.279. The molecule has 0 N–H and O–H groups in total. The fourth-order valence-corrected chi connectivity index (χ4v) is 1.89. The molecule has 3 nitrogen and oxygen atoms in total. The molecule has 3 heteroatoms. The molecule has 0 bridgehead atoms. The minimum atomic E-state index is 0.279. The third-order valence-corrected chi connectivity index (χ3v) is 2.58. The number of methoxy groups -OCH3 is 1. The number of carbonyl (C=O) groups is 1. The zero-order valence-electron chi connectivity index (χ0n) is 8.58. The van der Waals surface area contributed by atoms with Gasteiger partial charge in [-0.1, -0.05) is 6.92 Å². The highest BCUT2D eigenvalue weighted by Gasteiger charge is 2.22. The van der Waals surface area contributed by atoms with Crippen molar-refractivity contribution < 1.29 is 9.53 Å². The summed E-state index contributed by atoms with van der Waals surface area (Å²) in [7, 11) is 1.72. The Morgan fingerprint density at radius 3 is 3.00 bits per heavy atom. The first kappa shape index (κ1) is 10.5. The van der Waals surface area contributed by atoms with Crippen molar-refractivity contribution in [2.24, 2.45) is 5.92 Å². The van der Waals surface area contributed by atoms with E-state index in [1.54, 1.807) is 7.11 Å². The predicted molar refractivity (Wildman–Crippen MR) is 51.5 cm³/mol. The van der Waals surface area contributed by atoms with Crippen molar-refractivity contribution in [3.8, 4) is 0 Å². The lowest BCUT2D eigenvalue weighted by atomic mass is 9.99. The second-order valence-electron chi connectivity index (χ2n) is 3.66. The lowest BCUT2D eigenvalue weighted by Crippen LogP contribution is -2.40. The van der Waals surface area contributed by atoms with Crippen LogP contribution in [-0.4, -0.2) is 37.6 Å². The van der Waals surface area contributed by atoms with Gasteiger partial charge in [0.15, 0.2) is 0 Å². The SMILES string of the molecule is CCC(=O)N1CCC[C@H](COC)C1. The summed E-state index contributed by atoms with van der Waals surface area (Å²) in [6.45, 7) is 4.53. The summed E-state index contributed by atoms with van der Waals surface area (Å²) in [5, 5.41) is 0. The van der Waals surface area contributed by atoms with Crippen LogP contribution in [0.1, 0.15) is 26.2 Å². The van der Waals surface area contributed by atoms with E-state index in [0.29, 0.717) is 12.3 Å². The lowest BCUT2D eigenvalue weighted by Gasteiger charge is -2.32. The molecule has 1 atom stereocenters. The quantitative estimate of drug-likeness (QED) is 0.663. The number of ether oxygens (including phenoxy) is 1. The molecule has 1 fully saturated rings. The third kappa shape index (κ3) is 2.99. The van der Waals surface area contributed by atoms with Gasteiger partial charge in [0.2, 0.25) is 5.91 Å². The molecule has 1 aliphatic rings. The molecule has 13 heavy (non-hydrogen) atoms. The summed E-state index contributed by atoms with van der Waals surface area (Å²) in [5.41, 5.74) is 0. The summed E-state index contributed by atoms with van der Waals surface area (Å²) in [6, 6.07) is 0. The second-order valence-corrected chi connectivity index (χ2v) is 3.66. The van der Waals surface area contributed by atoms with Gasteiger partial charge >= 0.3 is 0 Å². The number of likely N-dealkylation sites (tertiary alicyclic amines) is 1. The highest BCUT2D eigenvalue weighted by atomic mass is 16.5. The number of nitrogens with zero attached hydrogens (tertiary/aromatic N) is 1. The summed E-state index contributed by atoms with van der Waals surface area (Å²) in [5.74, 6) is 0.829. The van der Waals surface area contributed by atoms with Crippen molar-refractivity contribution in [2.75, 3.05) is 26.8 Å². The number of carbonyl (C=O) groups excluding carboxylic acids is 1. The summed E-state index contributed by atoms with van der Waals surface area (Å²) in [6.07, 6.45) is 2.95. The highest BCUT2D eigenvalue weighted by Crippen LogP contribution is 2.16. The van der Waals surface area contributed by atoms with Gasteiger partial charge in [-0.05, 0) is 18.8 Å². The van der Waals surface area contributed by atoms with Gasteiger partial charge in [0.05, 0.1) is 6.61 Å². The molecule has 1 aliphatic heterocycles. The van der Waals surface area contributed by atoms with Crippen LogP contribution in [0.3, 0.4) is 0 Å². The zero-order chi connectivity index (χ0) is 9.68. The van der Waals surface area contributed by atoms with E-state index in [9.17, 15) is 4.79 Å². The molecule has 1 rings (SSSR count). The van der Waals surface area contributed by atoms with E-state index in [-0.39, 0.29) is 5.91 Å². The van der Waals surface area contributed by atoms with Crippen LogP contribution in [0.4, 0.5) is 0 Å². The Bertz CT molecular complexity index is 168. The smallest absolute Gasteiger partial charge is 0.222 e. The first-order valence-corrected chi connectivity index (χ1v) is 5.04. The maximum atomic E-state index is 11.4. The molecule has 0 aromatic heterocycles. The van der Waals surface area contributed by atoms with Gasteiger partial charge in [-0.25, -0.2) is 0 Å². The standard InChI is InChI=1S/C10H19NO2/c1-3-10(12)11-6-4-5-9(7-11)8-13-2/h9H,3-8H2,1-2H3/t9-/m0/s1. The largest absolute Gasteiger partial charge is 0.384 e. The van der Waals surface area contributed by atoms with Gasteiger partial charge in [-0.2, -0.15) is 0 Å². The number of amides is 1. The first-order valence-electron chi connectivity index (χ1n) is 5.04. The molecule has 0 saturated carbocycles. The molecule has 1 saturated heterocycles. The van der Waals surface area contributed by atoms with Crippen LogP contribution in [0.25, 0.3) is 0 Å². The molecular weight excluding hydrogens is 166 g/mol. The number of hydrogen-bond donors (Lipinski definition) is 0. The summed E-state index contributed by atoms with van der Waals surface area (Å²) < 4.78 is 5.11. The van der Waals surface area contributed by atoms with Crippen LogP contribution in [0.15, 0.2) is 0 Å². The van der Waals surface area contributed by atoms with E-state index in [4.69, 9.17) is 4.74 Å². The van der Waals surface area contributed by atoms with Gasteiger partial charge in [-0.15, -0.1) is 0 Å². The van der Waals surface area contributed by atoms with E-state index in [1.165, 1.54) is 6.42 Å². The Labute approximate surface area is 80.1 Å². The van der Waals surface area contributed by atoms with Crippen molar-refractivity contribution in [2.45, 2.75) is 26.2 Å². The van der Waals surface area contributed by atoms with Gasteiger partial charge < -0.3 is 9.64 Å². The van der Waals surface area contributed by atoms with Gasteiger partial charge in [0.25, 0.3) is 0 Å². The van der Waals surface area contributed by atoms with Crippen molar-refractivity contribution in [1.82, 2.24) is 4.90 Å². The Kier molecular flexibility index (Phi) is 4.22. The molecule has 0 radical (unpaired) electrons. The maximum Gasteiger partial charge on any atom is 0.222 e. The number of piperidine rings is 1. The molecule has 0 aliphatic carbocycles. The Morgan fingerprint density at radius 2 is 2.38 bits per heavy atom. The molecule has 1 amide bonds. The second kappa shape index (κ2) is 5.22. The van der Waals surface area contributed by atoms with Crippen molar-refractivity contribution in [3.05, 3.63) is 0 Å². The van der Waals surface area contributed by atoms with Gasteiger partial charge in [0.1, 0.15) is 0 Å². The first-order chi connectivity index (χ1) is 6.27. The van der Waals surface area contributed by atoms with Crippen LogP contribution in [0.5, 0.6) is 0 Å². The van der Waals surface area contributed by atoms with Crippen molar-refractivity contribution in [3.63, 3.8) is 0 Å². The minimum Gasteiger partial charge on any atom is -0.384 e. The average Bonchev–Trinajstić information content (AvgIpc) is 2.18. The third-order valence-electron chi connectivity index (χ3n) is 2.58. The molecule has 0 unspecified atom stereocenters. The normalized spacial score (nSPS) is 23.2. The fourth-order valence-electron chi connectivity index (χ4n) is 1.89. The van der Waals surface area contributed by atoms with Crippen LogP contribution in [-0.2, 0) is 9.53 Å². The molecule has 0 spiro atoms. The molecule has 76 valence electrons. The van der Waals surface area contributed by atoms with E-state index in [2.05, 4.69) is 0 Å². The van der Waals surface area contributed by atoms with Gasteiger partial charge in [-0.3, -0.25) is 4.79 Å². The average molecular weight is 185 g/mol. The van der Waals surface area contributed by atoms with Crippen LogP contribution >= 0.6 is 0 Å². The zero-order valence-corrected chi connectivity index (χ0v) is 8.58. The van der Waals surface area contributed by atoms with Gasteiger partial charge in [0, 0.05) is 26.6 Å². The predicted octanol–water partition coefficient (Wildman–Crippen LogP) is 1.28. The fraction of sp³-hybridized carbons (Fsp3) is 0.900. The number of hydrogen-bond acceptors (Lipinski definition) is 2. The summed E-state index contributed by atoms with van der Waals surface area (Å²) in [4.78, 5) is 13.4. The molecular formula is C10H19NO2. The Hall–Kier alpha value is -0.570. The van der Waals surface area contributed by atoms with E-state index in [1.807, 2.05) is 11.8 Å². The lowest BCUT2D eigenvalue weighted by molar-refractivity contribution is -0.133. The van der Waals surface area contributed by atoms with E-state index < -0.39 is 0 Å². The maximum absolute atomic E-state index is 11.4. The van der Waals surface area contributed by atoms with Crippen LogP contribution in [0.2, 0.25) is 0 Å². The van der Waals surface area contributed by atoms with Crippen molar-refractivity contribution >= 4 is 5.91 Å². The van der Waals surface area contributed by atoms with E-state index in [0.717, 1.165) is 26.1 Å². The monoisotopic (exact) mass is 185 g/mol. The molecule has 1 heterocycles. The number of rotatable bonds is 3. The molecule has 0 aromatic carbocycles. The Morgan fingerprint density at radius 1 is 1.62 bits per heavy atom.